The zero-order valence-corrected chi connectivity index (χ0v) is 17.5. The van der Waals surface area contributed by atoms with Crippen molar-refractivity contribution in [2.45, 2.75) is 19.4 Å². The number of anilines is 1. The van der Waals surface area contributed by atoms with Crippen LogP contribution in [0.3, 0.4) is 0 Å². The van der Waals surface area contributed by atoms with Crippen LogP contribution in [-0.2, 0) is 32.5 Å². The Bertz CT molecular complexity index is 1220. The highest BCUT2D eigenvalue weighted by Gasteiger charge is 2.27. The molecule has 4 rings (SSSR count). The number of aryl methyl sites for hydroxylation is 1. The largest absolute Gasteiger partial charge is 0.357 e. The van der Waals surface area contributed by atoms with Crippen LogP contribution in [0, 0.1) is 5.92 Å². The Balaban J connectivity index is 1.47. The van der Waals surface area contributed by atoms with Crippen LogP contribution in [0.4, 0.5) is 5.82 Å². The summed E-state index contributed by atoms with van der Waals surface area (Å²) in [6.07, 6.45) is 1.58. The van der Waals surface area contributed by atoms with Gasteiger partial charge in [0.15, 0.2) is 0 Å². The lowest BCUT2D eigenvalue weighted by atomic mass is 9.97. The summed E-state index contributed by atoms with van der Waals surface area (Å²) in [6.45, 7) is 1.52. The van der Waals surface area contributed by atoms with E-state index in [0.717, 1.165) is 34.3 Å². The van der Waals surface area contributed by atoms with Gasteiger partial charge < -0.3 is 14.8 Å². The molecule has 0 bridgehead atoms. The topological polar surface area (TPSA) is 94.2 Å². The number of piperidine rings is 1. The average Bonchev–Trinajstić information content (AvgIpc) is 3.09. The van der Waals surface area contributed by atoms with E-state index in [1.807, 2.05) is 40.8 Å². The molecule has 2 aromatic heterocycles. The minimum absolute atomic E-state index is 0.0411. The molecule has 0 spiro atoms. The molecular weight excluding hydrogens is 384 g/mol. The zero-order valence-electron chi connectivity index (χ0n) is 17.5. The maximum Gasteiger partial charge on any atom is 0.332 e. The van der Waals surface area contributed by atoms with Crippen LogP contribution in [0.25, 0.3) is 11.0 Å². The fraction of sp³-hybridized carbons (Fsp3) is 0.429. The van der Waals surface area contributed by atoms with Crippen molar-refractivity contribution >= 4 is 22.8 Å². The Morgan fingerprint density at radius 2 is 1.90 bits per heavy atom. The second-order valence-electron chi connectivity index (χ2n) is 7.82. The highest BCUT2D eigenvalue weighted by Crippen LogP contribution is 2.22. The van der Waals surface area contributed by atoms with Gasteiger partial charge in [-0.1, -0.05) is 12.1 Å². The van der Waals surface area contributed by atoms with Gasteiger partial charge in [-0.2, -0.15) is 0 Å². The van der Waals surface area contributed by atoms with Crippen molar-refractivity contribution < 1.29 is 4.79 Å². The molecule has 1 N–H and O–H groups in total. The molecule has 1 amide bonds. The Morgan fingerprint density at radius 3 is 2.67 bits per heavy atom. The van der Waals surface area contributed by atoms with Crippen molar-refractivity contribution in [2.75, 3.05) is 18.0 Å². The summed E-state index contributed by atoms with van der Waals surface area (Å²) < 4.78 is 4.52. The predicted molar refractivity (Wildman–Crippen MR) is 114 cm³/mol. The number of nitrogens with zero attached hydrogens (tertiary/aromatic N) is 5. The van der Waals surface area contributed by atoms with E-state index in [-0.39, 0.29) is 23.1 Å². The van der Waals surface area contributed by atoms with Crippen molar-refractivity contribution in [3.63, 3.8) is 0 Å². The molecule has 0 radical (unpaired) electrons. The van der Waals surface area contributed by atoms with Gasteiger partial charge >= 0.3 is 5.69 Å². The maximum absolute atomic E-state index is 12.8. The minimum atomic E-state index is -0.370. The van der Waals surface area contributed by atoms with Crippen molar-refractivity contribution in [1.82, 2.24) is 24.0 Å². The van der Waals surface area contributed by atoms with Gasteiger partial charge in [0.25, 0.3) is 5.56 Å². The monoisotopic (exact) mass is 410 g/mol. The molecular formula is C21H26N6O3. The number of hydrogen-bond donors (Lipinski definition) is 1. The summed E-state index contributed by atoms with van der Waals surface area (Å²) in [7, 11) is 5.05. The predicted octanol–water partition coefficient (Wildman–Crippen LogP) is 0.504. The first-order valence-corrected chi connectivity index (χ1v) is 10.1. The maximum atomic E-state index is 12.8. The molecule has 30 heavy (non-hydrogen) atoms. The Kier molecular flexibility index (Phi) is 5.19. The second kappa shape index (κ2) is 7.81. The van der Waals surface area contributed by atoms with E-state index < -0.39 is 0 Å². The number of hydrogen-bond acceptors (Lipinski definition) is 5. The molecule has 1 fully saturated rings. The summed E-state index contributed by atoms with van der Waals surface area (Å²) in [4.78, 5) is 43.7. The SMILES string of the molecule is Cn1c(N2CCCC(C(=O)NCc3nc4ccccc4n3C)C2)cc(=O)n(C)c1=O. The van der Waals surface area contributed by atoms with Crippen molar-refractivity contribution in [3.05, 3.63) is 57.0 Å². The van der Waals surface area contributed by atoms with Crippen LogP contribution in [-0.4, -0.2) is 37.7 Å². The average molecular weight is 410 g/mol. The van der Waals surface area contributed by atoms with Crippen molar-refractivity contribution in [3.8, 4) is 0 Å². The van der Waals surface area contributed by atoms with Gasteiger partial charge in [0.05, 0.1) is 23.5 Å². The fourth-order valence-corrected chi connectivity index (χ4v) is 4.09. The van der Waals surface area contributed by atoms with E-state index in [0.29, 0.717) is 25.5 Å². The van der Waals surface area contributed by atoms with Crippen LogP contribution in [0.15, 0.2) is 39.9 Å². The number of rotatable bonds is 4. The van der Waals surface area contributed by atoms with E-state index >= 15 is 0 Å². The van der Waals surface area contributed by atoms with E-state index in [1.54, 1.807) is 7.05 Å². The molecule has 1 aliphatic rings. The molecule has 1 aromatic carbocycles. The normalized spacial score (nSPS) is 16.8. The van der Waals surface area contributed by atoms with Crippen molar-refractivity contribution in [1.29, 1.82) is 0 Å². The first-order valence-electron chi connectivity index (χ1n) is 10.1. The highest BCUT2D eigenvalue weighted by molar-refractivity contribution is 5.80. The molecule has 0 aliphatic carbocycles. The number of para-hydroxylation sites is 2. The third-order valence-corrected chi connectivity index (χ3v) is 5.92. The Labute approximate surface area is 173 Å². The van der Waals surface area contributed by atoms with Crippen LogP contribution in [0.1, 0.15) is 18.7 Å². The quantitative estimate of drug-likeness (QED) is 0.676. The molecule has 9 nitrogen and oxygen atoms in total. The van der Waals surface area contributed by atoms with Gasteiger partial charge in [0.1, 0.15) is 11.6 Å². The number of carbonyl (C=O) groups excluding carboxylic acids is 1. The molecule has 1 atom stereocenters. The van der Waals surface area contributed by atoms with Gasteiger partial charge in [-0.15, -0.1) is 0 Å². The standard InChI is InChI=1S/C21H26N6O3/c1-24-16-9-5-4-8-15(16)23-17(24)12-22-20(29)14-7-6-10-27(13-14)18-11-19(28)26(3)21(30)25(18)2/h4-5,8-9,11,14H,6-7,10,12-13H2,1-3H3,(H,22,29). The van der Waals surface area contributed by atoms with Gasteiger partial charge in [-0.05, 0) is 25.0 Å². The molecule has 9 heteroatoms. The molecule has 0 saturated carbocycles. The minimum Gasteiger partial charge on any atom is -0.357 e. The second-order valence-corrected chi connectivity index (χ2v) is 7.82. The number of imidazole rings is 1. The zero-order chi connectivity index (χ0) is 21.4. The number of carbonyl (C=O) groups is 1. The summed E-state index contributed by atoms with van der Waals surface area (Å²) in [5.41, 5.74) is 1.21. The van der Waals surface area contributed by atoms with E-state index in [4.69, 9.17) is 0 Å². The fourth-order valence-electron chi connectivity index (χ4n) is 4.09. The van der Waals surface area contributed by atoms with Gasteiger partial charge in [-0.25, -0.2) is 9.78 Å². The number of amides is 1. The number of nitrogens with one attached hydrogen (secondary N) is 1. The number of aromatic nitrogens is 4. The molecule has 158 valence electrons. The van der Waals surface area contributed by atoms with Crippen LogP contribution in [0.5, 0.6) is 0 Å². The lowest BCUT2D eigenvalue weighted by Crippen LogP contribution is -2.46. The smallest absolute Gasteiger partial charge is 0.332 e. The molecule has 1 saturated heterocycles. The lowest BCUT2D eigenvalue weighted by Gasteiger charge is -2.34. The van der Waals surface area contributed by atoms with Crippen molar-refractivity contribution in [2.24, 2.45) is 27.1 Å². The third kappa shape index (κ3) is 3.51. The van der Waals surface area contributed by atoms with Crippen LogP contribution in [0.2, 0.25) is 0 Å². The summed E-state index contributed by atoms with van der Waals surface area (Å²) >= 11 is 0. The number of benzene rings is 1. The summed E-state index contributed by atoms with van der Waals surface area (Å²) in [5.74, 6) is 1.09. The molecule has 3 aromatic rings. The summed E-state index contributed by atoms with van der Waals surface area (Å²) in [5, 5.41) is 3.01. The van der Waals surface area contributed by atoms with Crippen LogP contribution >= 0.6 is 0 Å². The first-order chi connectivity index (χ1) is 14.4. The Morgan fingerprint density at radius 1 is 1.13 bits per heavy atom. The first kappa shape index (κ1) is 19.9. The molecule has 1 unspecified atom stereocenters. The highest BCUT2D eigenvalue weighted by atomic mass is 16.2. The lowest BCUT2D eigenvalue weighted by molar-refractivity contribution is -0.125. The number of fused-ring (bicyclic) bond motifs is 1. The van der Waals surface area contributed by atoms with E-state index in [9.17, 15) is 14.4 Å². The van der Waals surface area contributed by atoms with Gasteiger partial charge in [0.2, 0.25) is 5.91 Å². The third-order valence-electron chi connectivity index (χ3n) is 5.92. The van der Waals surface area contributed by atoms with E-state index in [2.05, 4.69) is 10.3 Å². The summed E-state index contributed by atoms with van der Waals surface area (Å²) in [6, 6.07) is 9.32. The van der Waals surface area contributed by atoms with Gasteiger partial charge in [-0.3, -0.25) is 18.7 Å². The molecule has 1 aliphatic heterocycles. The van der Waals surface area contributed by atoms with E-state index in [1.165, 1.54) is 17.7 Å². The molecule has 3 heterocycles. The van der Waals surface area contributed by atoms with Crippen LogP contribution < -0.4 is 21.5 Å². The van der Waals surface area contributed by atoms with Gasteiger partial charge in [0, 0.05) is 40.3 Å². The Hall–Kier alpha value is -3.36.